The third-order valence-corrected chi connectivity index (χ3v) is 4.47. The number of carbonyl (C=O) groups excluding carboxylic acids is 1. The van der Waals surface area contributed by atoms with Gasteiger partial charge in [-0.2, -0.15) is 11.3 Å². The van der Waals surface area contributed by atoms with Gasteiger partial charge in [-0.3, -0.25) is 4.79 Å². The zero-order valence-electron chi connectivity index (χ0n) is 12.3. The van der Waals surface area contributed by atoms with Gasteiger partial charge in [0.1, 0.15) is 12.3 Å². The van der Waals surface area contributed by atoms with Crippen LogP contribution in [0.5, 0.6) is 0 Å². The predicted octanol–water partition coefficient (Wildman–Crippen LogP) is 3.45. The van der Waals surface area contributed by atoms with Crippen LogP contribution in [0.3, 0.4) is 0 Å². The Balaban J connectivity index is 1.42. The highest BCUT2D eigenvalue weighted by Crippen LogP contribution is 2.19. The lowest BCUT2D eigenvalue weighted by Gasteiger charge is -2.04. The zero-order chi connectivity index (χ0) is 15.2. The predicted molar refractivity (Wildman–Crippen MR) is 81.8 cm³/mol. The maximum Gasteiger partial charge on any atom is 0.184 e. The quantitative estimate of drug-likeness (QED) is 0.697. The van der Waals surface area contributed by atoms with Crippen molar-refractivity contribution >= 4 is 17.1 Å². The Morgan fingerprint density at radius 3 is 3.18 bits per heavy atom. The number of carbonyl (C=O) groups is 1. The maximum atomic E-state index is 12.1. The van der Waals surface area contributed by atoms with E-state index in [1.165, 1.54) is 0 Å². The van der Waals surface area contributed by atoms with Gasteiger partial charge in [0.05, 0.1) is 6.61 Å². The molecule has 0 N–H and O–H groups in total. The van der Waals surface area contributed by atoms with Crippen molar-refractivity contribution in [3.63, 3.8) is 0 Å². The summed E-state index contributed by atoms with van der Waals surface area (Å²) in [7, 11) is 0. The number of hydrogen-bond donors (Lipinski definition) is 0. The first kappa shape index (κ1) is 15.4. The van der Waals surface area contributed by atoms with Gasteiger partial charge in [-0.25, -0.2) is 0 Å². The molecule has 2 aromatic rings. The van der Waals surface area contributed by atoms with Crippen molar-refractivity contribution in [3.05, 3.63) is 39.9 Å². The molecule has 2 aromatic heterocycles. The molecule has 6 heteroatoms. The summed E-state index contributed by atoms with van der Waals surface area (Å²) in [5.74, 6) is 1.12. The molecule has 0 aliphatic carbocycles. The van der Waals surface area contributed by atoms with Crippen molar-refractivity contribution in [2.24, 2.45) is 5.92 Å². The summed E-state index contributed by atoms with van der Waals surface area (Å²) >= 11 is 1.64. The molecule has 22 heavy (non-hydrogen) atoms. The van der Waals surface area contributed by atoms with E-state index in [2.05, 4.69) is 5.16 Å². The highest BCUT2D eigenvalue weighted by Gasteiger charge is 2.19. The van der Waals surface area contributed by atoms with E-state index in [1.807, 2.05) is 16.8 Å². The van der Waals surface area contributed by atoms with Gasteiger partial charge in [0, 0.05) is 25.7 Å². The number of ether oxygens (including phenoxy) is 2. The van der Waals surface area contributed by atoms with E-state index >= 15 is 0 Å². The van der Waals surface area contributed by atoms with E-state index in [4.69, 9.17) is 14.0 Å². The summed E-state index contributed by atoms with van der Waals surface area (Å²) in [4.78, 5) is 12.1. The van der Waals surface area contributed by atoms with Crippen LogP contribution < -0.4 is 0 Å². The van der Waals surface area contributed by atoms with Gasteiger partial charge in [-0.15, -0.1) is 0 Å². The summed E-state index contributed by atoms with van der Waals surface area (Å²) in [6.07, 6.45) is 2.40. The molecule has 3 heterocycles. The number of nitrogens with zero attached hydrogens (tertiary/aromatic N) is 1. The van der Waals surface area contributed by atoms with Gasteiger partial charge >= 0.3 is 0 Å². The molecule has 1 fully saturated rings. The van der Waals surface area contributed by atoms with E-state index in [9.17, 15) is 4.79 Å². The number of thiophene rings is 1. The van der Waals surface area contributed by atoms with Gasteiger partial charge in [0.15, 0.2) is 11.5 Å². The normalized spacial score (nSPS) is 17.9. The molecule has 0 saturated carbocycles. The van der Waals surface area contributed by atoms with Crippen LogP contribution in [-0.2, 0) is 22.7 Å². The molecule has 1 unspecified atom stereocenters. The number of aromatic nitrogens is 1. The van der Waals surface area contributed by atoms with Crippen molar-refractivity contribution in [3.8, 4) is 0 Å². The van der Waals surface area contributed by atoms with Gasteiger partial charge in [0.25, 0.3) is 0 Å². The minimum absolute atomic E-state index is 0.0275. The fourth-order valence-electron chi connectivity index (χ4n) is 2.43. The van der Waals surface area contributed by atoms with Crippen LogP contribution in [-0.4, -0.2) is 24.2 Å². The fourth-order valence-corrected chi connectivity index (χ4v) is 3.08. The molecule has 5 nitrogen and oxygen atoms in total. The largest absolute Gasteiger partial charge is 0.381 e. The Morgan fingerprint density at radius 1 is 1.45 bits per heavy atom. The molecule has 0 radical (unpaired) electrons. The first-order valence-corrected chi connectivity index (χ1v) is 8.41. The van der Waals surface area contributed by atoms with Crippen LogP contribution in [0.4, 0.5) is 0 Å². The van der Waals surface area contributed by atoms with Crippen molar-refractivity contribution in [2.45, 2.75) is 32.5 Å². The molecule has 0 spiro atoms. The van der Waals surface area contributed by atoms with Gasteiger partial charge < -0.3 is 14.0 Å². The van der Waals surface area contributed by atoms with E-state index in [0.29, 0.717) is 37.0 Å². The topological polar surface area (TPSA) is 61.6 Å². The molecule has 0 aromatic carbocycles. The van der Waals surface area contributed by atoms with Gasteiger partial charge in [0.2, 0.25) is 0 Å². The van der Waals surface area contributed by atoms with Crippen LogP contribution in [0.25, 0.3) is 0 Å². The molecule has 1 saturated heterocycles. The van der Waals surface area contributed by atoms with Crippen LogP contribution >= 0.6 is 11.3 Å². The summed E-state index contributed by atoms with van der Waals surface area (Å²) < 4.78 is 16.0. The average molecular weight is 321 g/mol. The lowest BCUT2D eigenvalue weighted by molar-refractivity contribution is 0.0881. The molecule has 1 aliphatic rings. The molecule has 3 rings (SSSR count). The number of ketones is 1. The standard InChI is InChI=1S/C16H19NO4S/c18-16(2-1-12-3-5-19-8-12)15-7-14(21-17-15)10-20-9-13-4-6-22-11-13/h4,6-7,11-12H,1-3,5,8-10H2. The first-order chi connectivity index (χ1) is 10.8. The van der Waals surface area contributed by atoms with E-state index in [-0.39, 0.29) is 5.78 Å². The lowest BCUT2D eigenvalue weighted by Crippen LogP contribution is -2.05. The number of rotatable bonds is 8. The summed E-state index contributed by atoms with van der Waals surface area (Å²) in [6.45, 7) is 2.45. The second kappa shape index (κ2) is 7.67. The van der Waals surface area contributed by atoms with Gasteiger partial charge in [-0.05, 0) is 41.1 Å². The molecule has 0 bridgehead atoms. The van der Waals surface area contributed by atoms with Crippen LogP contribution in [0, 0.1) is 5.92 Å². The average Bonchev–Trinajstić information content (AvgIpc) is 3.27. The first-order valence-electron chi connectivity index (χ1n) is 7.46. The summed E-state index contributed by atoms with van der Waals surface area (Å²) in [5, 5.41) is 7.90. The highest BCUT2D eigenvalue weighted by molar-refractivity contribution is 7.07. The SMILES string of the molecule is O=C(CCC1CCOC1)c1cc(COCc2ccsc2)on1. The van der Waals surface area contributed by atoms with E-state index < -0.39 is 0 Å². The second-order valence-electron chi connectivity index (χ2n) is 5.49. The van der Waals surface area contributed by atoms with Crippen molar-refractivity contribution < 1.29 is 18.8 Å². The molecule has 118 valence electrons. The smallest absolute Gasteiger partial charge is 0.184 e. The fraction of sp³-hybridized carbons (Fsp3) is 0.500. The number of hydrogen-bond acceptors (Lipinski definition) is 6. The monoisotopic (exact) mass is 321 g/mol. The van der Waals surface area contributed by atoms with Crippen LogP contribution in [0.15, 0.2) is 27.4 Å². The van der Waals surface area contributed by atoms with Crippen molar-refractivity contribution in [2.75, 3.05) is 13.2 Å². The van der Waals surface area contributed by atoms with E-state index in [0.717, 1.165) is 31.6 Å². The minimum Gasteiger partial charge on any atom is -0.381 e. The molecule has 0 amide bonds. The van der Waals surface area contributed by atoms with Gasteiger partial charge in [-0.1, -0.05) is 5.16 Å². The van der Waals surface area contributed by atoms with Crippen LogP contribution in [0.1, 0.15) is 41.1 Å². The number of Topliss-reactive ketones (excluding diaryl/α,β-unsaturated/α-hetero) is 1. The Morgan fingerprint density at radius 2 is 2.41 bits per heavy atom. The highest BCUT2D eigenvalue weighted by atomic mass is 32.1. The van der Waals surface area contributed by atoms with E-state index in [1.54, 1.807) is 17.4 Å². The Labute approximate surface area is 133 Å². The third-order valence-electron chi connectivity index (χ3n) is 3.74. The zero-order valence-corrected chi connectivity index (χ0v) is 13.1. The van der Waals surface area contributed by atoms with Crippen LogP contribution in [0.2, 0.25) is 0 Å². The molecular formula is C16H19NO4S. The maximum absolute atomic E-state index is 12.1. The lowest BCUT2D eigenvalue weighted by atomic mass is 10.00. The Bertz CT molecular complexity index is 587. The minimum atomic E-state index is 0.0275. The second-order valence-corrected chi connectivity index (χ2v) is 6.27. The Hall–Kier alpha value is -1.50. The van der Waals surface area contributed by atoms with Crippen molar-refractivity contribution in [1.29, 1.82) is 0 Å². The molecule has 1 atom stereocenters. The summed E-state index contributed by atoms with van der Waals surface area (Å²) in [6, 6.07) is 3.70. The molecule has 1 aliphatic heterocycles. The third kappa shape index (κ3) is 4.25. The summed E-state index contributed by atoms with van der Waals surface area (Å²) in [5.41, 5.74) is 1.53. The van der Waals surface area contributed by atoms with Crippen molar-refractivity contribution in [1.82, 2.24) is 5.16 Å². The molecular weight excluding hydrogens is 302 g/mol. The Kier molecular flexibility index (Phi) is 5.37.